The van der Waals surface area contributed by atoms with Crippen LogP contribution in [-0.4, -0.2) is 90.1 Å². The standard InChI is InChI=1S/C50H76N4O8S4/c1-7-9-11-13-15-17-19-21-23-25-27-53(49(61)65-47-51-37(33-63-47)29-41(55)56)31-39-43(35(3)4)46(60)40(44(36(5)6)45(39)59)32-54(28-26-24-22-20-18-16-14-12-10-8-2)50(62)66-48-52-38(34-64-48)30-42(57)58/h33-36H,7-32H2,1-6H3,(H,55,56)(H,57,58). The molecule has 2 aromatic rings. The van der Waals surface area contributed by atoms with Crippen molar-refractivity contribution < 1.29 is 39.0 Å². The van der Waals surface area contributed by atoms with E-state index in [1.807, 2.05) is 27.7 Å². The van der Waals surface area contributed by atoms with Crippen molar-refractivity contribution in [3.05, 3.63) is 44.4 Å². The first kappa shape index (κ1) is 57.0. The van der Waals surface area contributed by atoms with E-state index in [2.05, 4.69) is 23.8 Å². The quantitative estimate of drug-likeness (QED) is 0.0386. The molecule has 0 aromatic carbocycles. The number of amides is 2. The van der Waals surface area contributed by atoms with E-state index in [9.17, 15) is 39.0 Å². The van der Waals surface area contributed by atoms with Gasteiger partial charge in [-0.05, 0) is 24.7 Å². The molecular formula is C50H76N4O8S4. The minimum atomic E-state index is -1.01. The van der Waals surface area contributed by atoms with E-state index in [1.165, 1.54) is 99.7 Å². The molecule has 0 aliphatic heterocycles. The van der Waals surface area contributed by atoms with Crippen molar-refractivity contribution in [2.75, 3.05) is 26.2 Å². The van der Waals surface area contributed by atoms with Gasteiger partial charge in [-0.1, -0.05) is 157 Å². The number of aliphatic carboxylic acids is 2. The second-order valence-electron chi connectivity index (χ2n) is 18.0. The topological polar surface area (TPSA) is 175 Å². The van der Waals surface area contributed by atoms with Gasteiger partial charge in [0, 0.05) is 69.7 Å². The number of carbonyl (C=O) groups is 6. The molecule has 16 heteroatoms. The molecular weight excluding hydrogens is 913 g/mol. The Morgan fingerprint density at radius 2 is 0.833 bits per heavy atom. The summed E-state index contributed by atoms with van der Waals surface area (Å²) in [5, 5.41) is 21.2. The zero-order chi connectivity index (χ0) is 48.4. The molecule has 0 radical (unpaired) electrons. The van der Waals surface area contributed by atoms with Crippen LogP contribution in [0, 0.1) is 11.8 Å². The van der Waals surface area contributed by atoms with E-state index < -0.39 is 11.9 Å². The molecule has 3 rings (SSSR count). The van der Waals surface area contributed by atoms with Crippen LogP contribution in [0.2, 0.25) is 0 Å². The third kappa shape index (κ3) is 20.5. The van der Waals surface area contributed by atoms with Crippen LogP contribution in [0.4, 0.5) is 9.59 Å². The van der Waals surface area contributed by atoms with Crippen LogP contribution in [0.3, 0.4) is 0 Å². The Labute approximate surface area is 410 Å². The van der Waals surface area contributed by atoms with Gasteiger partial charge in [-0.25, -0.2) is 9.97 Å². The van der Waals surface area contributed by atoms with Gasteiger partial charge in [0.1, 0.15) is 0 Å². The predicted molar refractivity (Wildman–Crippen MR) is 270 cm³/mol. The summed E-state index contributed by atoms with van der Waals surface area (Å²) in [5.41, 5.74) is 2.03. The van der Waals surface area contributed by atoms with Crippen LogP contribution >= 0.6 is 46.2 Å². The van der Waals surface area contributed by atoms with Crippen LogP contribution in [-0.2, 0) is 32.0 Å². The number of nitrogens with zero attached hydrogens (tertiary/aromatic N) is 4. The zero-order valence-corrected chi connectivity index (χ0v) is 43.7. The first-order valence-corrected chi connectivity index (χ1v) is 27.9. The number of ketones is 2. The number of thiazole rings is 2. The lowest BCUT2D eigenvalue weighted by atomic mass is 9.76. The molecule has 0 spiro atoms. The number of carbonyl (C=O) groups excluding carboxylic acids is 4. The van der Waals surface area contributed by atoms with Crippen molar-refractivity contribution in [2.24, 2.45) is 11.8 Å². The van der Waals surface area contributed by atoms with Gasteiger partial charge in [-0.3, -0.25) is 28.8 Å². The molecule has 1 aliphatic carbocycles. The Bertz CT molecular complexity index is 1800. The summed E-state index contributed by atoms with van der Waals surface area (Å²) in [6.45, 7) is 12.6. The Morgan fingerprint density at radius 3 is 1.12 bits per heavy atom. The van der Waals surface area contributed by atoms with Gasteiger partial charge in [-0.15, -0.1) is 22.7 Å². The lowest BCUT2D eigenvalue weighted by Gasteiger charge is -2.32. The first-order chi connectivity index (χ1) is 31.7. The minimum absolute atomic E-state index is 0.0575. The van der Waals surface area contributed by atoms with Crippen LogP contribution < -0.4 is 0 Å². The molecule has 2 N–H and O–H groups in total. The van der Waals surface area contributed by atoms with E-state index in [0.717, 1.165) is 74.9 Å². The van der Waals surface area contributed by atoms with Gasteiger partial charge in [0.15, 0.2) is 20.2 Å². The van der Waals surface area contributed by atoms with Crippen LogP contribution in [0.25, 0.3) is 0 Å². The third-order valence-corrected chi connectivity index (χ3v) is 15.5. The van der Waals surface area contributed by atoms with Crippen LogP contribution in [0.5, 0.6) is 0 Å². The van der Waals surface area contributed by atoms with Crippen LogP contribution in [0.15, 0.2) is 41.7 Å². The maximum Gasteiger partial charge on any atom is 0.309 e. The second-order valence-corrected chi connectivity index (χ2v) is 22.2. The number of rotatable bonds is 34. The number of hydrogen-bond acceptors (Lipinski definition) is 12. The minimum Gasteiger partial charge on any atom is -0.481 e. The maximum absolute atomic E-state index is 14.9. The highest BCUT2D eigenvalue weighted by Gasteiger charge is 2.39. The Morgan fingerprint density at radius 1 is 0.530 bits per heavy atom. The summed E-state index contributed by atoms with van der Waals surface area (Å²) in [5.74, 6) is -3.31. The van der Waals surface area contributed by atoms with Gasteiger partial charge in [-0.2, -0.15) is 0 Å². The summed E-state index contributed by atoms with van der Waals surface area (Å²) in [7, 11) is 0. The summed E-state index contributed by atoms with van der Waals surface area (Å²) in [6, 6.07) is 0. The van der Waals surface area contributed by atoms with Crippen molar-refractivity contribution in [3.63, 3.8) is 0 Å². The van der Waals surface area contributed by atoms with Crippen molar-refractivity contribution in [3.8, 4) is 0 Å². The molecule has 0 unspecified atom stereocenters. The van der Waals surface area contributed by atoms with Crippen LogP contribution in [0.1, 0.15) is 181 Å². The molecule has 2 heterocycles. The van der Waals surface area contributed by atoms with Crippen molar-refractivity contribution in [1.29, 1.82) is 0 Å². The molecule has 0 bridgehead atoms. The number of aromatic nitrogens is 2. The summed E-state index contributed by atoms with van der Waals surface area (Å²) in [6.07, 6.45) is 21.9. The second kappa shape index (κ2) is 31.7. The molecule has 0 saturated carbocycles. The molecule has 0 fully saturated rings. The number of hydrogen-bond donors (Lipinski definition) is 2. The number of thioether (sulfide) groups is 2. The SMILES string of the molecule is CCCCCCCCCCCCN(CC1=C(C(C)C)C(=O)C(CN(CCCCCCCCCCCC)C(=O)Sc2nc(CC(=O)O)cs2)=C(C(C)C)C1=O)C(=O)Sc1nc(CC(=O)O)cs1. The molecule has 12 nitrogen and oxygen atoms in total. The van der Waals surface area contributed by atoms with E-state index >= 15 is 0 Å². The number of allylic oxidation sites excluding steroid dienone is 2. The predicted octanol–water partition coefficient (Wildman–Crippen LogP) is 13.5. The van der Waals surface area contributed by atoms with E-state index in [0.29, 0.717) is 55.4 Å². The lowest BCUT2D eigenvalue weighted by Crippen LogP contribution is -2.40. The van der Waals surface area contributed by atoms with Crippen molar-refractivity contribution in [1.82, 2.24) is 19.8 Å². The summed E-state index contributed by atoms with van der Waals surface area (Å²) >= 11 is 4.23. The summed E-state index contributed by atoms with van der Waals surface area (Å²) in [4.78, 5) is 92.9. The first-order valence-electron chi connectivity index (χ1n) is 24.5. The molecule has 0 atom stereocenters. The van der Waals surface area contributed by atoms with Gasteiger partial charge < -0.3 is 20.0 Å². The largest absolute Gasteiger partial charge is 0.481 e. The molecule has 2 amide bonds. The fraction of sp³-hybridized carbons (Fsp3) is 0.680. The van der Waals surface area contributed by atoms with Gasteiger partial charge in [0.2, 0.25) is 0 Å². The van der Waals surface area contributed by atoms with E-state index in [-0.39, 0.29) is 59.8 Å². The molecule has 66 heavy (non-hydrogen) atoms. The average Bonchev–Trinajstić information content (AvgIpc) is 3.89. The van der Waals surface area contributed by atoms with Crippen molar-refractivity contribution >= 4 is 80.2 Å². The number of unbranched alkanes of at least 4 members (excludes halogenated alkanes) is 18. The average molecular weight is 989 g/mol. The van der Waals surface area contributed by atoms with Crippen molar-refractivity contribution in [2.45, 2.75) is 191 Å². The fourth-order valence-corrected chi connectivity index (χ4v) is 11.6. The fourth-order valence-electron chi connectivity index (χ4n) is 8.23. The molecule has 1 aliphatic rings. The molecule has 2 aromatic heterocycles. The van der Waals surface area contributed by atoms with E-state index in [1.54, 1.807) is 20.6 Å². The third-order valence-electron chi connectivity index (χ3n) is 11.7. The maximum atomic E-state index is 14.9. The zero-order valence-electron chi connectivity index (χ0n) is 40.5. The van der Waals surface area contributed by atoms with E-state index in [4.69, 9.17) is 0 Å². The number of Topliss-reactive ketones (excluding diaryl/α,β-unsaturated/α-hetero) is 2. The Balaban J connectivity index is 1.88. The number of carboxylic acids is 2. The molecule has 368 valence electrons. The lowest BCUT2D eigenvalue weighted by molar-refractivity contribution is -0.137. The highest BCUT2D eigenvalue weighted by atomic mass is 32.2. The number of carboxylic acid groups (broad SMARTS) is 2. The monoisotopic (exact) mass is 988 g/mol. The normalized spacial score (nSPS) is 13.2. The Kier molecular flexibility index (Phi) is 27.3. The van der Waals surface area contributed by atoms with Gasteiger partial charge in [0.25, 0.3) is 10.5 Å². The molecule has 0 saturated heterocycles. The summed E-state index contributed by atoms with van der Waals surface area (Å²) < 4.78 is 0.832. The highest BCUT2D eigenvalue weighted by Crippen LogP contribution is 2.36. The van der Waals surface area contributed by atoms with Gasteiger partial charge in [0.05, 0.1) is 37.3 Å². The van der Waals surface area contributed by atoms with Gasteiger partial charge >= 0.3 is 11.9 Å². The Hall–Kier alpha value is -3.34. The smallest absolute Gasteiger partial charge is 0.309 e. The highest BCUT2D eigenvalue weighted by molar-refractivity contribution is 8.15.